The summed E-state index contributed by atoms with van der Waals surface area (Å²) in [7, 11) is 0. The number of benzene rings is 2. The van der Waals surface area contributed by atoms with E-state index in [0.29, 0.717) is 9.49 Å². The van der Waals surface area contributed by atoms with Gasteiger partial charge in [0.1, 0.15) is 17.8 Å². The fraction of sp³-hybridized carbons (Fsp3) is 0. The summed E-state index contributed by atoms with van der Waals surface area (Å²) in [4.78, 5) is 16.8. The molecule has 2 aromatic carbocycles. The van der Waals surface area contributed by atoms with Crippen LogP contribution in [0.25, 0.3) is 11.0 Å². The van der Waals surface area contributed by atoms with Crippen molar-refractivity contribution < 1.29 is 4.74 Å². The standard InChI is InChI=1S/C17H11N3O2S/c21-16-15(23-17-18-11-19-20(16)17)10-12-5-4-8-14(9-12)22-13-6-2-1-3-7-13/h1-11H/b15-10+. The molecule has 0 unspecified atom stereocenters. The fourth-order valence-corrected chi connectivity index (χ4v) is 3.10. The quantitative estimate of drug-likeness (QED) is 0.582. The molecule has 0 saturated carbocycles. The second-order valence-electron chi connectivity index (χ2n) is 4.86. The molecule has 0 N–H and O–H groups in total. The summed E-state index contributed by atoms with van der Waals surface area (Å²) in [5.74, 6) is 1.49. The van der Waals surface area contributed by atoms with Crippen LogP contribution < -0.4 is 14.8 Å². The lowest BCUT2D eigenvalue weighted by Gasteiger charge is -2.05. The molecular formula is C17H11N3O2S. The summed E-state index contributed by atoms with van der Waals surface area (Å²) >= 11 is 1.32. The van der Waals surface area contributed by atoms with E-state index in [2.05, 4.69) is 10.1 Å². The summed E-state index contributed by atoms with van der Waals surface area (Å²) < 4.78 is 7.71. The van der Waals surface area contributed by atoms with Crippen molar-refractivity contribution in [2.45, 2.75) is 0 Å². The summed E-state index contributed by atoms with van der Waals surface area (Å²) in [6, 6.07) is 17.2. The van der Waals surface area contributed by atoms with Crippen LogP contribution in [0.15, 0.2) is 65.7 Å². The first-order valence-electron chi connectivity index (χ1n) is 6.97. The van der Waals surface area contributed by atoms with Crippen LogP contribution in [0.5, 0.6) is 11.5 Å². The molecule has 0 aliphatic rings. The van der Waals surface area contributed by atoms with Crippen LogP contribution in [0.4, 0.5) is 0 Å². The van der Waals surface area contributed by atoms with Crippen LogP contribution in [0.2, 0.25) is 0 Å². The first-order chi connectivity index (χ1) is 11.3. The van der Waals surface area contributed by atoms with Crippen molar-refractivity contribution in [1.29, 1.82) is 0 Å². The third kappa shape index (κ3) is 2.72. The molecule has 0 saturated heterocycles. The van der Waals surface area contributed by atoms with E-state index in [1.165, 1.54) is 22.2 Å². The predicted molar refractivity (Wildman–Crippen MR) is 88.9 cm³/mol. The molecule has 0 aliphatic heterocycles. The van der Waals surface area contributed by atoms with Crippen LogP contribution in [0, 0.1) is 0 Å². The van der Waals surface area contributed by atoms with Crippen molar-refractivity contribution in [3.63, 3.8) is 0 Å². The molecule has 6 heteroatoms. The van der Waals surface area contributed by atoms with Gasteiger partial charge in [0, 0.05) is 0 Å². The van der Waals surface area contributed by atoms with Gasteiger partial charge in [0.05, 0.1) is 4.53 Å². The number of ether oxygens (including phenoxy) is 1. The zero-order valence-electron chi connectivity index (χ0n) is 11.9. The Morgan fingerprint density at radius 3 is 2.70 bits per heavy atom. The van der Waals surface area contributed by atoms with Crippen molar-refractivity contribution in [2.24, 2.45) is 0 Å². The minimum absolute atomic E-state index is 0.156. The smallest absolute Gasteiger partial charge is 0.291 e. The van der Waals surface area contributed by atoms with Gasteiger partial charge < -0.3 is 4.74 Å². The van der Waals surface area contributed by atoms with Gasteiger partial charge in [-0.25, -0.2) is 4.98 Å². The van der Waals surface area contributed by atoms with Crippen LogP contribution in [0.1, 0.15) is 5.56 Å². The summed E-state index contributed by atoms with van der Waals surface area (Å²) in [6.45, 7) is 0. The fourth-order valence-electron chi connectivity index (χ4n) is 2.22. The van der Waals surface area contributed by atoms with E-state index in [9.17, 15) is 4.79 Å². The van der Waals surface area contributed by atoms with Gasteiger partial charge in [-0.1, -0.05) is 41.7 Å². The molecule has 0 bridgehead atoms. The van der Waals surface area contributed by atoms with Crippen molar-refractivity contribution in [1.82, 2.24) is 14.6 Å². The molecule has 0 radical (unpaired) electrons. The van der Waals surface area contributed by atoms with Crippen LogP contribution in [-0.2, 0) is 0 Å². The second-order valence-corrected chi connectivity index (χ2v) is 5.87. The summed E-state index contributed by atoms with van der Waals surface area (Å²) in [6.07, 6.45) is 3.20. The van der Waals surface area contributed by atoms with E-state index in [1.807, 2.05) is 60.7 Å². The van der Waals surface area contributed by atoms with Gasteiger partial charge in [-0.2, -0.15) is 9.61 Å². The highest BCUT2D eigenvalue weighted by Crippen LogP contribution is 2.22. The minimum Gasteiger partial charge on any atom is -0.457 e. The number of hydrogen-bond acceptors (Lipinski definition) is 5. The van der Waals surface area contributed by atoms with E-state index in [0.717, 1.165) is 17.1 Å². The lowest BCUT2D eigenvalue weighted by atomic mass is 10.2. The second kappa shape index (κ2) is 5.66. The van der Waals surface area contributed by atoms with Gasteiger partial charge in [-0.15, -0.1) is 0 Å². The molecule has 4 rings (SSSR count). The largest absolute Gasteiger partial charge is 0.457 e. The Kier molecular flexibility index (Phi) is 3.36. The number of para-hydroxylation sites is 1. The summed E-state index contributed by atoms with van der Waals surface area (Å²) in [5, 5.41) is 3.91. The van der Waals surface area contributed by atoms with Crippen LogP contribution in [-0.4, -0.2) is 14.6 Å². The highest BCUT2D eigenvalue weighted by molar-refractivity contribution is 7.15. The number of rotatable bonds is 3. The molecule has 0 atom stereocenters. The molecule has 5 nitrogen and oxygen atoms in total. The Hall–Kier alpha value is -2.99. The third-order valence-electron chi connectivity index (χ3n) is 3.26. The predicted octanol–water partition coefficient (Wildman–Crippen LogP) is 2.49. The van der Waals surface area contributed by atoms with E-state index in [-0.39, 0.29) is 5.56 Å². The number of aromatic nitrogens is 3. The zero-order chi connectivity index (χ0) is 15.6. The van der Waals surface area contributed by atoms with Crippen LogP contribution >= 0.6 is 11.3 Å². The van der Waals surface area contributed by atoms with Gasteiger partial charge in [0.15, 0.2) is 0 Å². The Balaban J connectivity index is 1.71. The first kappa shape index (κ1) is 13.7. The Labute approximate surface area is 135 Å². The molecule has 0 amide bonds. The number of nitrogens with zero attached hydrogens (tertiary/aromatic N) is 3. The van der Waals surface area contributed by atoms with Gasteiger partial charge in [0.25, 0.3) is 5.56 Å². The minimum atomic E-state index is -0.156. The monoisotopic (exact) mass is 321 g/mol. The highest BCUT2D eigenvalue weighted by atomic mass is 32.1. The maximum absolute atomic E-state index is 12.2. The Bertz CT molecular complexity index is 1070. The molecule has 0 aliphatic carbocycles. The van der Waals surface area contributed by atoms with E-state index >= 15 is 0 Å². The zero-order valence-corrected chi connectivity index (χ0v) is 12.7. The van der Waals surface area contributed by atoms with Crippen LogP contribution in [0.3, 0.4) is 0 Å². The van der Waals surface area contributed by atoms with E-state index in [1.54, 1.807) is 0 Å². The molecule has 23 heavy (non-hydrogen) atoms. The Morgan fingerprint density at radius 1 is 1.04 bits per heavy atom. The van der Waals surface area contributed by atoms with Gasteiger partial charge in [-0.05, 0) is 35.9 Å². The number of thiazole rings is 1. The van der Waals surface area contributed by atoms with E-state index in [4.69, 9.17) is 4.74 Å². The van der Waals surface area contributed by atoms with Crippen molar-refractivity contribution in [3.05, 3.63) is 81.4 Å². The van der Waals surface area contributed by atoms with Gasteiger partial charge in [-0.3, -0.25) is 4.79 Å². The topological polar surface area (TPSA) is 56.5 Å². The normalized spacial score (nSPS) is 11.9. The molecule has 2 aromatic heterocycles. The Morgan fingerprint density at radius 2 is 1.87 bits per heavy atom. The maximum Gasteiger partial charge on any atom is 0.291 e. The third-order valence-corrected chi connectivity index (χ3v) is 4.23. The van der Waals surface area contributed by atoms with Crippen molar-refractivity contribution in [2.75, 3.05) is 0 Å². The molecule has 4 aromatic rings. The van der Waals surface area contributed by atoms with Gasteiger partial charge >= 0.3 is 0 Å². The molecule has 2 heterocycles. The summed E-state index contributed by atoms with van der Waals surface area (Å²) in [5.41, 5.74) is 0.733. The lowest BCUT2D eigenvalue weighted by Crippen LogP contribution is -2.23. The molecule has 112 valence electrons. The number of fused-ring (bicyclic) bond motifs is 1. The highest BCUT2D eigenvalue weighted by Gasteiger charge is 2.05. The average molecular weight is 321 g/mol. The van der Waals surface area contributed by atoms with Gasteiger partial charge in [0.2, 0.25) is 4.96 Å². The molecule has 0 spiro atoms. The van der Waals surface area contributed by atoms with Crippen molar-refractivity contribution in [3.8, 4) is 11.5 Å². The average Bonchev–Trinajstić information content (AvgIpc) is 3.13. The maximum atomic E-state index is 12.2. The number of hydrogen-bond donors (Lipinski definition) is 0. The van der Waals surface area contributed by atoms with Crippen molar-refractivity contribution >= 4 is 22.4 Å². The SMILES string of the molecule is O=c1/c(=C\c2cccc(Oc3ccccc3)c2)sc2ncnn12. The molecular weight excluding hydrogens is 310 g/mol. The molecule has 0 fully saturated rings. The first-order valence-corrected chi connectivity index (χ1v) is 7.78. The lowest BCUT2D eigenvalue weighted by molar-refractivity contribution is 0.482. The van der Waals surface area contributed by atoms with E-state index < -0.39 is 0 Å².